The fraction of sp³-hybridized carbons (Fsp3) is 0.250. The highest BCUT2D eigenvalue weighted by atomic mass is 35.5. The molecule has 0 fully saturated rings. The van der Waals surface area contributed by atoms with Gasteiger partial charge >= 0.3 is 0 Å². The Balaban J connectivity index is 3.45. The van der Waals surface area contributed by atoms with Gasteiger partial charge in [0.2, 0.25) is 0 Å². The van der Waals surface area contributed by atoms with Crippen LogP contribution in [0.3, 0.4) is 0 Å². The van der Waals surface area contributed by atoms with Crippen molar-refractivity contribution >= 4 is 11.6 Å². The van der Waals surface area contributed by atoms with Crippen LogP contribution in [0.5, 0.6) is 5.75 Å². The second-order valence-electron chi connectivity index (χ2n) is 2.32. The summed E-state index contributed by atoms with van der Waals surface area (Å²) in [6.07, 6.45) is -1.72. The van der Waals surface area contributed by atoms with Crippen LogP contribution in [0.2, 0.25) is 5.15 Å². The zero-order chi connectivity index (χ0) is 10.7. The van der Waals surface area contributed by atoms with Crippen LogP contribution in [-0.4, -0.2) is 12.1 Å². The topological polar surface area (TPSA) is 45.9 Å². The Kier molecular flexibility index (Phi) is 3.20. The van der Waals surface area contributed by atoms with Crippen LogP contribution < -0.4 is 4.74 Å². The molecular weight excluding hydrogens is 214 g/mol. The normalized spacial score (nSPS) is 10.0. The molecule has 0 atom stereocenters. The third-order valence-corrected chi connectivity index (χ3v) is 1.88. The quantitative estimate of drug-likeness (QED) is 0.717. The van der Waals surface area contributed by atoms with E-state index in [1.54, 1.807) is 6.07 Å². The molecule has 3 nitrogen and oxygen atoms in total. The SMILES string of the molecule is COc1cnc(Cl)c(C(F)F)c1C#N. The van der Waals surface area contributed by atoms with Crippen LogP contribution in [0.1, 0.15) is 17.6 Å². The van der Waals surface area contributed by atoms with E-state index in [1.807, 2.05) is 0 Å². The predicted molar refractivity (Wildman–Crippen MR) is 45.5 cm³/mol. The molecule has 0 aliphatic rings. The van der Waals surface area contributed by atoms with E-state index >= 15 is 0 Å². The average molecular weight is 219 g/mol. The average Bonchev–Trinajstić information content (AvgIpc) is 2.16. The molecule has 0 saturated carbocycles. The van der Waals surface area contributed by atoms with Crippen LogP contribution in [-0.2, 0) is 0 Å². The summed E-state index contributed by atoms with van der Waals surface area (Å²) in [6.45, 7) is 0. The number of hydrogen-bond acceptors (Lipinski definition) is 3. The lowest BCUT2D eigenvalue weighted by Gasteiger charge is -2.08. The number of nitrogens with zero attached hydrogens (tertiary/aromatic N) is 2. The molecule has 6 heteroatoms. The Labute approximate surface area is 83.9 Å². The smallest absolute Gasteiger partial charge is 0.268 e. The van der Waals surface area contributed by atoms with Crippen molar-refractivity contribution < 1.29 is 13.5 Å². The van der Waals surface area contributed by atoms with Crippen molar-refractivity contribution in [3.8, 4) is 11.8 Å². The fourth-order valence-electron chi connectivity index (χ4n) is 0.955. The molecule has 0 spiro atoms. The van der Waals surface area contributed by atoms with Gasteiger partial charge in [-0.25, -0.2) is 13.8 Å². The Hall–Kier alpha value is -1.41. The molecule has 74 valence electrons. The van der Waals surface area contributed by atoms with E-state index in [4.69, 9.17) is 21.6 Å². The number of hydrogen-bond donors (Lipinski definition) is 0. The molecule has 14 heavy (non-hydrogen) atoms. The first-order valence-corrected chi connectivity index (χ1v) is 3.90. The third-order valence-electron chi connectivity index (χ3n) is 1.58. The van der Waals surface area contributed by atoms with Gasteiger partial charge in [0, 0.05) is 0 Å². The summed E-state index contributed by atoms with van der Waals surface area (Å²) >= 11 is 5.43. The molecule has 0 unspecified atom stereocenters. The van der Waals surface area contributed by atoms with Crippen molar-refractivity contribution in [2.45, 2.75) is 6.43 Å². The summed E-state index contributed by atoms with van der Waals surface area (Å²) in [7, 11) is 1.26. The highest BCUT2D eigenvalue weighted by Crippen LogP contribution is 2.33. The van der Waals surface area contributed by atoms with Crippen molar-refractivity contribution in [1.29, 1.82) is 5.26 Å². The fourth-order valence-corrected chi connectivity index (χ4v) is 1.18. The summed E-state index contributed by atoms with van der Waals surface area (Å²) in [5, 5.41) is 8.28. The van der Waals surface area contributed by atoms with Gasteiger partial charge in [0.1, 0.15) is 16.8 Å². The van der Waals surface area contributed by atoms with Gasteiger partial charge in [-0.15, -0.1) is 0 Å². The molecule has 0 aromatic carbocycles. The van der Waals surface area contributed by atoms with Crippen molar-refractivity contribution in [2.75, 3.05) is 7.11 Å². The van der Waals surface area contributed by atoms with Crippen LogP contribution in [0.15, 0.2) is 6.20 Å². The summed E-state index contributed by atoms with van der Waals surface area (Å²) in [5.74, 6) is -0.00722. The molecule has 1 aromatic rings. The second-order valence-corrected chi connectivity index (χ2v) is 2.68. The molecule has 0 saturated heterocycles. The first kappa shape index (κ1) is 10.7. The molecule has 0 N–H and O–H groups in total. The lowest BCUT2D eigenvalue weighted by atomic mass is 10.1. The maximum Gasteiger partial charge on any atom is 0.268 e. The van der Waals surface area contributed by atoms with E-state index in [-0.39, 0.29) is 16.5 Å². The Morgan fingerprint density at radius 2 is 2.29 bits per heavy atom. The predicted octanol–water partition coefficient (Wildman–Crippen LogP) is 2.55. The minimum atomic E-state index is -2.85. The van der Waals surface area contributed by atoms with Gasteiger partial charge in [-0.3, -0.25) is 0 Å². The first-order valence-electron chi connectivity index (χ1n) is 3.52. The lowest BCUT2D eigenvalue weighted by molar-refractivity contribution is 0.150. The number of pyridine rings is 1. The number of rotatable bonds is 2. The van der Waals surface area contributed by atoms with Gasteiger partial charge in [-0.1, -0.05) is 11.6 Å². The third kappa shape index (κ3) is 1.75. The largest absolute Gasteiger partial charge is 0.494 e. The molecule has 1 heterocycles. The monoisotopic (exact) mass is 218 g/mol. The number of methoxy groups -OCH3 is 1. The van der Waals surface area contributed by atoms with Gasteiger partial charge in [0.15, 0.2) is 5.75 Å². The maximum absolute atomic E-state index is 12.5. The lowest BCUT2D eigenvalue weighted by Crippen LogP contribution is -1.98. The zero-order valence-corrected chi connectivity index (χ0v) is 7.85. The molecule has 1 aromatic heterocycles. The Bertz CT molecular complexity index is 390. The number of alkyl halides is 2. The number of aromatic nitrogens is 1. The van der Waals surface area contributed by atoms with Gasteiger partial charge in [0.25, 0.3) is 6.43 Å². The molecule has 1 rings (SSSR count). The standard InChI is InChI=1S/C8H5ClF2N2O/c1-14-5-3-13-7(9)6(8(10)11)4(5)2-12/h3,8H,1H3. The van der Waals surface area contributed by atoms with Gasteiger partial charge in [0.05, 0.1) is 18.9 Å². The number of ether oxygens (including phenoxy) is 1. The highest BCUT2D eigenvalue weighted by molar-refractivity contribution is 6.30. The molecular formula is C8H5ClF2N2O. The Morgan fingerprint density at radius 3 is 2.71 bits per heavy atom. The summed E-state index contributed by atoms with van der Waals surface area (Å²) in [5.41, 5.74) is -0.865. The minimum Gasteiger partial charge on any atom is -0.494 e. The highest BCUT2D eigenvalue weighted by Gasteiger charge is 2.21. The van der Waals surface area contributed by atoms with Crippen LogP contribution in [0, 0.1) is 11.3 Å². The number of halogens is 3. The number of nitriles is 1. The zero-order valence-electron chi connectivity index (χ0n) is 7.09. The molecule has 0 amide bonds. The van der Waals surface area contributed by atoms with E-state index in [0.717, 1.165) is 6.20 Å². The van der Waals surface area contributed by atoms with Crippen molar-refractivity contribution in [1.82, 2.24) is 4.98 Å². The molecule has 0 aliphatic heterocycles. The summed E-state index contributed by atoms with van der Waals surface area (Å²) < 4.78 is 29.6. The molecule has 0 radical (unpaired) electrons. The first-order chi connectivity index (χ1) is 6.61. The molecule has 0 aliphatic carbocycles. The summed E-state index contributed by atoms with van der Waals surface area (Å²) in [6, 6.07) is 1.61. The van der Waals surface area contributed by atoms with E-state index < -0.39 is 12.0 Å². The maximum atomic E-state index is 12.5. The van der Waals surface area contributed by atoms with Crippen molar-refractivity contribution in [3.63, 3.8) is 0 Å². The summed E-state index contributed by atoms with van der Waals surface area (Å²) in [4.78, 5) is 3.49. The van der Waals surface area contributed by atoms with Crippen LogP contribution in [0.25, 0.3) is 0 Å². The van der Waals surface area contributed by atoms with Gasteiger partial charge in [-0.05, 0) is 0 Å². The minimum absolute atomic E-state index is 0.00722. The van der Waals surface area contributed by atoms with E-state index in [9.17, 15) is 8.78 Å². The van der Waals surface area contributed by atoms with Crippen LogP contribution >= 0.6 is 11.6 Å². The second kappa shape index (κ2) is 4.20. The van der Waals surface area contributed by atoms with Crippen LogP contribution in [0.4, 0.5) is 8.78 Å². The van der Waals surface area contributed by atoms with E-state index in [1.165, 1.54) is 7.11 Å². The van der Waals surface area contributed by atoms with Crippen molar-refractivity contribution in [3.05, 3.63) is 22.5 Å². The van der Waals surface area contributed by atoms with Gasteiger partial charge < -0.3 is 4.74 Å². The Morgan fingerprint density at radius 1 is 1.64 bits per heavy atom. The van der Waals surface area contributed by atoms with E-state index in [2.05, 4.69) is 4.98 Å². The van der Waals surface area contributed by atoms with Gasteiger partial charge in [-0.2, -0.15) is 5.26 Å². The molecule has 0 bridgehead atoms. The van der Waals surface area contributed by atoms with Crippen molar-refractivity contribution in [2.24, 2.45) is 0 Å². The van der Waals surface area contributed by atoms with E-state index in [0.29, 0.717) is 0 Å².